The van der Waals surface area contributed by atoms with Crippen molar-refractivity contribution in [2.45, 2.75) is 13.0 Å². The van der Waals surface area contributed by atoms with Gasteiger partial charge in [-0.1, -0.05) is 0 Å². The van der Waals surface area contributed by atoms with Gasteiger partial charge in [0, 0.05) is 19.6 Å². The van der Waals surface area contributed by atoms with E-state index in [9.17, 15) is 4.79 Å². The van der Waals surface area contributed by atoms with Crippen LogP contribution >= 0.6 is 12.4 Å². The van der Waals surface area contributed by atoms with Crippen LogP contribution in [0.4, 0.5) is 0 Å². The second-order valence-electron chi connectivity index (χ2n) is 2.56. The Bertz CT molecular complexity index is 129. The second kappa shape index (κ2) is 3.78. The molecule has 0 bridgehead atoms. The lowest BCUT2D eigenvalue weighted by molar-refractivity contribution is -0.131. The Labute approximate surface area is 67.2 Å². The molecular weight excluding hydrogens is 152 g/mol. The quantitative estimate of drug-likeness (QED) is 0.541. The van der Waals surface area contributed by atoms with Crippen LogP contribution in [-0.4, -0.2) is 37.0 Å². The molecule has 4 heteroatoms. The second-order valence-corrected chi connectivity index (χ2v) is 2.56. The standard InChI is InChI=1S/C6H12N2O.ClH/c1-5-4-8(2)6(9)3-7-5;/h5,7H,3-4H2,1-2H3;1H/t5-;/m1./s1. The van der Waals surface area contributed by atoms with Crippen LogP contribution in [0.15, 0.2) is 0 Å². The molecule has 0 radical (unpaired) electrons. The van der Waals surface area contributed by atoms with Crippen LogP contribution in [-0.2, 0) is 4.79 Å². The van der Waals surface area contributed by atoms with Gasteiger partial charge < -0.3 is 10.2 Å². The number of nitrogens with one attached hydrogen (secondary N) is 1. The summed E-state index contributed by atoms with van der Waals surface area (Å²) in [6, 6.07) is 0.452. The van der Waals surface area contributed by atoms with Gasteiger partial charge in [-0.3, -0.25) is 4.79 Å². The summed E-state index contributed by atoms with van der Waals surface area (Å²) in [6.07, 6.45) is 0. The van der Waals surface area contributed by atoms with Crippen LogP contribution in [0.3, 0.4) is 0 Å². The van der Waals surface area contributed by atoms with Gasteiger partial charge in [-0.25, -0.2) is 0 Å². The SMILES string of the molecule is C[C@@H]1CN(C)C(=O)CN1.Cl. The highest BCUT2D eigenvalue weighted by molar-refractivity contribution is 5.85. The third kappa shape index (κ3) is 2.15. The van der Waals surface area contributed by atoms with Crippen molar-refractivity contribution in [3.8, 4) is 0 Å². The highest BCUT2D eigenvalue weighted by Gasteiger charge is 2.17. The Kier molecular flexibility index (Phi) is 3.68. The zero-order chi connectivity index (χ0) is 6.85. The summed E-state index contributed by atoms with van der Waals surface area (Å²) in [5.74, 6) is 0.188. The summed E-state index contributed by atoms with van der Waals surface area (Å²) in [4.78, 5) is 12.6. The first-order valence-corrected chi connectivity index (χ1v) is 3.17. The van der Waals surface area contributed by atoms with Crippen LogP contribution in [0, 0.1) is 0 Å². The maximum Gasteiger partial charge on any atom is 0.236 e. The Morgan fingerprint density at radius 1 is 1.70 bits per heavy atom. The summed E-state index contributed by atoms with van der Waals surface area (Å²) >= 11 is 0. The average molecular weight is 165 g/mol. The molecule has 0 aromatic rings. The van der Waals surface area contributed by atoms with Crippen molar-refractivity contribution in [3.63, 3.8) is 0 Å². The first kappa shape index (κ1) is 9.72. The zero-order valence-corrected chi connectivity index (χ0v) is 7.07. The van der Waals surface area contributed by atoms with Gasteiger partial charge in [0.05, 0.1) is 6.54 Å². The first-order chi connectivity index (χ1) is 4.20. The largest absolute Gasteiger partial charge is 0.343 e. The van der Waals surface area contributed by atoms with E-state index in [1.807, 2.05) is 7.05 Å². The Balaban J connectivity index is 0.000000810. The summed E-state index contributed by atoms with van der Waals surface area (Å²) in [5.41, 5.74) is 0. The molecule has 0 aromatic heterocycles. The third-order valence-corrected chi connectivity index (χ3v) is 1.58. The van der Waals surface area contributed by atoms with Crippen LogP contribution in [0.1, 0.15) is 6.92 Å². The molecule has 10 heavy (non-hydrogen) atoms. The van der Waals surface area contributed by atoms with Crippen LogP contribution in [0.25, 0.3) is 0 Å². The van der Waals surface area contributed by atoms with E-state index in [0.29, 0.717) is 12.6 Å². The van der Waals surface area contributed by atoms with E-state index in [1.54, 1.807) is 4.90 Å². The molecule has 1 N–H and O–H groups in total. The van der Waals surface area contributed by atoms with Gasteiger partial charge in [-0.05, 0) is 6.92 Å². The Morgan fingerprint density at radius 3 is 2.70 bits per heavy atom. The molecule has 60 valence electrons. The molecule has 1 heterocycles. The summed E-state index contributed by atoms with van der Waals surface area (Å²) in [7, 11) is 1.83. The number of likely N-dealkylation sites (N-methyl/N-ethyl adjacent to an activating group) is 1. The molecule has 0 spiro atoms. The van der Waals surface area contributed by atoms with Crippen LogP contribution in [0.5, 0.6) is 0 Å². The van der Waals surface area contributed by atoms with Gasteiger partial charge in [0.15, 0.2) is 0 Å². The molecule has 1 saturated heterocycles. The van der Waals surface area contributed by atoms with Gasteiger partial charge in [0.1, 0.15) is 0 Å². The fraction of sp³-hybridized carbons (Fsp3) is 0.833. The van der Waals surface area contributed by atoms with E-state index in [-0.39, 0.29) is 18.3 Å². The van der Waals surface area contributed by atoms with Crippen molar-refractivity contribution < 1.29 is 4.79 Å². The monoisotopic (exact) mass is 164 g/mol. The highest BCUT2D eigenvalue weighted by atomic mass is 35.5. The van der Waals surface area contributed by atoms with Crippen molar-refractivity contribution in [1.29, 1.82) is 0 Å². The predicted octanol–water partition coefficient (Wildman–Crippen LogP) is -0.142. The van der Waals surface area contributed by atoms with E-state index in [1.165, 1.54) is 0 Å². The molecule has 1 aliphatic heterocycles. The number of nitrogens with zero attached hydrogens (tertiary/aromatic N) is 1. The van der Waals surface area contributed by atoms with E-state index in [4.69, 9.17) is 0 Å². The third-order valence-electron chi connectivity index (χ3n) is 1.58. The molecule has 3 nitrogen and oxygen atoms in total. The van der Waals surface area contributed by atoms with Gasteiger partial charge in [0.2, 0.25) is 5.91 Å². The van der Waals surface area contributed by atoms with E-state index < -0.39 is 0 Å². The topological polar surface area (TPSA) is 32.3 Å². The Morgan fingerprint density at radius 2 is 2.30 bits per heavy atom. The van der Waals surface area contributed by atoms with Crippen LogP contribution < -0.4 is 5.32 Å². The number of hydrogen-bond acceptors (Lipinski definition) is 2. The Hall–Kier alpha value is -0.280. The van der Waals surface area contributed by atoms with Crippen molar-refractivity contribution in [1.82, 2.24) is 10.2 Å². The maximum atomic E-state index is 10.8. The van der Waals surface area contributed by atoms with Gasteiger partial charge >= 0.3 is 0 Å². The first-order valence-electron chi connectivity index (χ1n) is 3.17. The molecule has 0 saturated carbocycles. The number of halogens is 1. The molecule has 0 unspecified atom stereocenters. The van der Waals surface area contributed by atoms with Gasteiger partial charge in [-0.2, -0.15) is 0 Å². The normalized spacial score (nSPS) is 26.0. The summed E-state index contributed by atoms with van der Waals surface area (Å²) in [6.45, 7) is 3.40. The molecule has 1 fully saturated rings. The van der Waals surface area contributed by atoms with Gasteiger partial charge in [-0.15, -0.1) is 12.4 Å². The number of carbonyl (C=O) groups excluding carboxylic acids is 1. The molecule has 1 amide bonds. The lowest BCUT2D eigenvalue weighted by atomic mass is 10.2. The van der Waals surface area contributed by atoms with Crippen molar-refractivity contribution in [2.24, 2.45) is 0 Å². The molecule has 1 rings (SSSR count). The fourth-order valence-corrected chi connectivity index (χ4v) is 0.974. The molecule has 0 aromatic carbocycles. The summed E-state index contributed by atoms with van der Waals surface area (Å²) in [5, 5.41) is 3.07. The minimum atomic E-state index is 0. The lowest BCUT2D eigenvalue weighted by Crippen LogP contribution is -2.51. The zero-order valence-electron chi connectivity index (χ0n) is 6.26. The smallest absolute Gasteiger partial charge is 0.236 e. The van der Waals surface area contributed by atoms with E-state index in [0.717, 1.165) is 6.54 Å². The minimum Gasteiger partial charge on any atom is -0.343 e. The minimum absolute atomic E-state index is 0. The van der Waals surface area contributed by atoms with Crippen molar-refractivity contribution in [2.75, 3.05) is 20.1 Å². The number of rotatable bonds is 0. The molecular formula is C6H13ClN2O. The van der Waals surface area contributed by atoms with E-state index in [2.05, 4.69) is 12.2 Å². The lowest BCUT2D eigenvalue weighted by Gasteiger charge is -2.28. The predicted molar refractivity (Wildman–Crippen MR) is 42.3 cm³/mol. The number of amides is 1. The summed E-state index contributed by atoms with van der Waals surface area (Å²) < 4.78 is 0. The van der Waals surface area contributed by atoms with Crippen LogP contribution in [0.2, 0.25) is 0 Å². The number of hydrogen-bond donors (Lipinski definition) is 1. The van der Waals surface area contributed by atoms with Gasteiger partial charge in [0.25, 0.3) is 0 Å². The fourth-order valence-electron chi connectivity index (χ4n) is 0.974. The number of piperazine rings is 1. The average Bonchev–Trinajstić information content (AvgIpc) is 1.80. The molecule has 1 aliphatic rings. The van der Waals surface area contributed by atoms with Crippen molar-refractivity contribution in [3.05, 3.63) is 0 Å². The maximum absolute atomic E-state index is 10.8. The highest BCUT2D eigenvalue weighted by Crippen LogP contribution is 1.94. The molecule has 1 atom stereocenters. The van der Waals surface area contributed by atoms with E-state index >= 15 is 0 Å². The molecule has 0 aliphatic carbocycles. The number of carbonyl (C=O) groups is 1. The van der Waals surface area contributed by atoms with Crippen molar-refractivity contribution >= 4 is 18.3 Å².